The third-order valence-electron chi connectivity index (χ3n) is 7.91. The number of rotatable bonds is 5. The molecule has 0 radical (unpaired) electrons. The Balaban J connectivity index is 0.00000304. The summed E-state index contributed by atoms with van der Waals surface area (Å²) < 4.78 is 0. The number of carbonyl (C=O) groups is 1. The summed E-state index contributed by atoms with van der Waals surface area (Å²) in [6.07, 6.45) is 8.61. The summed E-state index contributed by atoms with van der Waals surface area (Å²) in [4.78, 5) is 17.1. The topological polar surface area (TPSA) is 62.2 Å². The van der Waals surface area contributed by atoms with Crippen molar-refractivity contribution in [2.75, 3.05) is 0 Å². The Morgan fingerprint density at radius 3 is 2.67 bits per heavy atom. The van der Waals surface area contributed by atoms with E-state index >= 15 is 0 Å². The average molecular weight is 501 g/mol. The van der Waals surface area contributed by atoms with Crippen LogP contribution < -0.4 is 5.32 Å². The van der Waals surface area contributed by atoms with Crippen molar-refractivity contribution in [1.29, 1.82) is 0 Å². The standard InChI is InChI=1S/C31H32N2O2.ClH/c1-2-14-30(35)15-16-31(19-23-7-4-3-5-8-23)27(20-30)12-10-25-18-26(11-13-28(25)31)29(34)33-22-24-9-6-17-32-21-24;/h3-9,11,13,17-18,21,27,35H,10,12,15-16,19-20,22H2,1H3,(H,33,34);1H/t27-,30-,31+;/m1./s1. The number of hydrogen-bond donors (Lipinski definition) is 2. The fraction of sp³-hybridized carbons (Fsp3) is 0.355. The molecule has 2 aliphatic carbocycles. The van der Waals surface area contributed by atoms with Gasteiger partial charge in [0.2, 0.25) is 0 Å². The van der Waals surface area contributed by atoms with E-state index in [1.807, 2.05) is 18.2 Å². The van der Waals surface area contributed by atoms with Gasteiger partial charge >= 0.3 is 0 Å². The maximum Gasteiger partial charge on any atom is 0.251 e. The van der Waals surface area contributed by atoms with Crippen molar-refractivity contribution < 1.29 is 9.90 Å². The molecule has 1 heterocycles. The van der Waals surface area contributed by atoms with E-state index in [9.17, 15) is 9.90 Å². The third-order valence-corrected chi connectivity index (χ3v) is 7.91. The normalized spacial score (nSPS) is 24.2. The quantitative estimate of drug-likeness (QED) is 0.460. The number of aromatic nitrogens is 1. The molecule has 5 rings (SSSR count). The summed E-state index contributed by atoms with van der Waals surface area (Å²) in [6.45, 7) is 2.27. The summed E-state index contributed by atoms with van der Waals surface area (Å²) in [5, 5.41) is 14.2. The Morgan fingerprint density at radius 2 is 1.92 bits per heavy atom. The molecule has 1 amide bonds. The third kappa shape index (κ3) is 5.19. The fourth-order valence-electron chi connectivity index (χ4n) is 6.25. The second-order valence-corrected chi connectivity index (χ2v) is 10.1. The van der Waals surface area contributed by atoms with Crippen LogP contribution in [-0.4, -0.2) is 21.6 Å². The van der Waals surface area contributed by atoms with Crippen molar-refractivity contribution in [3.8, 4) is 11.8 Å². The first kappa shape index (κ1) is 25.9. The minimum atomic E-state index is -0.900. The molecule has 4 nitrogen and oxygen atoms in total. The zero-order valence-electron chi connectivity index (χ0n) is 20.7. The monoisotopic (exact) mass is 500 g/mol. The second-order valence-electron chi connectivity index (χ2n) is 10.1. The average Bonchev–Trinajstić information content (AvgIpc) is 2.89. The van der Waals surface area contributed by atoms with Crippen LogP contribution in [0.5, 0.6) is 0 Å². The zero-order chi connectivity index (χ0) is 24.3. The molecule has 0 aliphatic heterocycles. The van der Waals surface area contributed by atoms with Gasteiger partial charge in [-0.25, -0.2) is 0 Å². The molecule has 3 aromatic rings. The molecule has 0 bridgehead atoms. The van der Waals surface area contributed by atoms with Gasteiger partial charge in [0.05, 0.1) is 0 Å². The number of nitrogens with one attached hydrogen (secondary N) is 1. The fourth-order valence-corrected chi connectivity index (χ4v) is 6.25. The van der Waals surface area contributed by atoms with Crippen molar-refractivity contribution >= 4 is 18.3 Å². The maximum absolute atomic E-state index is 12.9. The number of hydrogen-bond acceptors (Lipinski definition) is 3. The molecule has 0 unspecified atom stereocenters. The molecule has 36 heavy (non-hydrogen) atoms. The first-order valence-electron chi connectivity index (χ1n) is 12.5. The molecule has 0 saturated heterocycles. The van der Waals surface area contributed by atoms with Crippen LogP contribution in [0, 0.1) is 17.8 Å². The van der Waals surface area contributed by atoms with Crippen LogP contribution in [0.25, 0.3) is 0 Å². The second kappa shape index (κ2) is 10.9. The van der Waals surface area contributed by atoms with Crippen LogP contribution in [-0.2, 0) is 24.8 Å². The number of amides is 1. The number of fused-ring (bicyclic) bond motifs is 3. The Hall–Kier alpha value is -3.13. The van der Waals surface area contributed by atoms with Crippen molar-refractivity contribution in [1.82, 2.24) is 10.3 Å². The van der Waals surface area contributed by atoms with E-state index in [0.717, 1.165) is 31.2 Å². The van der Waals surface area contributed by atoms with Crippen molar-refractivity contribution in [3.63, 3.8) is 0 Å². The Bertz CT molecular complexity index is 1270. The first-order chi connectivity index (χ1) is 17.0. The molecule has 2 N–H and O–H groups in total. The summed E-state index contributed by atoms with van der Waals surface area (Å²) in [5.74, 6) is 6.33. The maximum atomic E-state index is 12.9. The number of pyridine rings is 1. The Labute approximate surface area is 220 Å². The van der Waals surface area contributed by atoms with Gasteiger partial charge in [-0.1, -0.05) is 48.4 Å². The molecular formula is C31H33ClN2O2. The molecule has 2 aliphatic rings. The van der Waals surface area contributed by atoms with Crippen molar-refractivity contribution in [2.24, 2.45) is 5.92 Å². The minimum Gasteiger partial charge on any atom is -0.378 e. The highest BCUT2D eigenvalue weighted by molar-refractivity contribution is 5.94. The molecule has 1 fully saturated rings. The lowest BCUT2D eigenvalue weighted by Crippen LogP contribution is -2.51. The number of aliphatic hydroxyl groups is 1. The summed E-state index contributed by atoms with van der Waals surface area (Å²) in [5.41, 5.74) is 4.64. The molecule has 0 spiro atoms. The molecule has 1 saturated carbocycles. The number of aryl methyl sites for hydroxylation is 1. The lowest BCUT2D eigenvalue weighted by molar-refractivity contribution is -0.00801. The smallest absolute Gasteiger partial charge is 0.251 e. The summed E-state index contributed by atoms with van der Waals surface area (Å²) in [7, 11) is 0. The largest absolute Gasteiger partial charge is 0.378 e. The van der Waals surface area contributed by atoms with Crippen LogP contribution in [0.2, 0.25) is 0 Å². The van der Waals surface area contributed by atoms with Gasteiger partial charge in [-0.3, -0.25) is 9.78 Å². The molecule has 1 aromatic heterocycles. The lowest BCUT2D eigenvalue weighted by atomic mass is 9.52. The SMILES string of the molecule is CC#C[C@@]1(O)CC[C@@]2(Cc3ccccc3)c3ccc(C(=O)NCc4cccnc4)cc3CC[C@@H]2C1.Cl. The van der Waals surface area contributed by atoms with Gasteiger partial charge in [0.15, 0.2) is 0 Å². The van der Waals surface area contributed by atoms with Gasteiger partial charge < -0.3 is 10.4 Å². The molecule has 3 atom stereocenters. The zero-order valence-corrected chi connectivity index (χ0v) is 21.5. The number of benzene rings is 2. The van der Waals surface area contributed by atoms with Gasteiger partial charge in [-0.05, 0) is 91.8 Å². The van der Waals surface area contributed by atoms with Crippen molar-refractivity contribution in [3.05, 3.63) is 101 Å². The van der Waals surface area contributed by atoms with Crippen LogP contribution in [0.1, 0.15) is 65.2 Å². The highest BCUT2D eigenvalue weighted by atomic mass is 35.5. The summed E-state index contributed by atoms with van der Waals surface area (Å²) >= 11 is 0. The van der Waals surface area contributed by atoms with Crippen LogP contribution in [0.3, 0.4) is 0 Å². The predicted molar refractivity (Wildman–Crippen MR) is 145 cm³/mol. The Kier molecular flexibility index (Phi) is 7.83. The first-order valence-corrected chi connectivity index (χ1v) is 12.5. The van der Waals surface area contributed by atoms with E-state index in [-0.39, 0.29) is 23.7 Å². The van der Waals surface area contributed by atoms with Crippen LogP contribution >= 0.6 is 12.4 Å². The molecule has 5 heteroatoms. The summed E-state index contributed by atoms with van der Waals surface area (Å²) in [6, 6.07) is 20.7. The van der Waals surface area contributed by atoms with E-state index in [4.69, 9.17) is 0 Å². The van der Waals surface area contributed by atoms with E-state index < -0.39 is 5.60 Å². The van der Waals surface area contributed by atoms with Gasteiger partial charge in [-0.2, -0.15) is 0 Å². The molecular weight excluding hydrogens is 468 g/mol. The number of nitrogens with zero attached hydrogens (tertiary/aromatic N) is 1. The lowest BCUT2D eigenvalue weighted by Gasteiger charge is -2.52. The van der Waals surface area contributed by atoms with Crippen molar-refractivity contribution in [2.45, 2.75) is 63.0 Å². The minimum absolute atomic E-state index is 0. The number of carbonyl (C=O) groups excluding carboxylic acids is 1. The van der Waals surface area contributed by atoms with E-state index in [0.29, 0.717) is 30.9 Å². The van der Waals surface area contributed by atoms with Gasteiger partial charge in [0.1, 0.15) is 5.60 Å². The van der Waals surface area contributed by atoms with E-state index in [1.54, 1.807) is 19.3 Å². The predicted octanol–water partition coefficient (Wildman–Crippen LogP) is 5.41. The van der Waals surface area contributed by atoms with E-state index in [1.165, 1.54) is 16.7 Å². The molecule has 2 aromatic carbocycles. The molecule has 186 valence electrons. The van der Waals surface area contributed by atoms with Gasteiger partial charge in [0.25, 0.3) is 5.91 Å². The van der Waals surface area contributed by atoms with Gasteiger partial charge in [0, 0.05) is 29.9 Å². The highest BCUT2D eigenvalue weighted by Crippen LogP contribution is 2.54. The Morgan fingerprint density at radius 1 is 1.11 bits per heavy atom. The van der Waals surface area contributed by atoms with Crippen LogP contribution in [0.4, 0.5) is 0 Å². The number of halogens is 1. The van der Waals surface area contributed by atoms with Crippen LogP contribution in [0.15, 0.2) is 73.1 Å². The highest BCUT2D eigenvalue weighted by Gasteiger charge is 2.51. The van der Waals surface area contributed by atoms with Gasteiger partial charge in [-0.15, -0.1) is 18.3 Å². The van der Waals surface area contributed by atoms with E-state index in [2.05, 4.69) is 64.6 Å².